The van der Waals surface area contributed by atoms with Crippen LogP contribution in [0.25, 0.3) is 0 Å². The van der Waals surface area contributed by atoms with Gasteiger partial charge in [0.2, 0.25) is 0 Å². The van der Waals surface area contributed by atoms with Gasteiger partial charge in [-0.2, -0.15) is 5.10 Å². The predicted molar refractivity (Wildman–Crippen MR) is 116 cm³/mol. The highest BCUT2D eigenvalue weighted by atomic mass is 16.6. The summed E-state index contributed by atoms with van der Waals surface area (Å²) in [6.07, 6.45) is 0.537. The van der Waals surface area contributed by atoms with E-state index >= 15 is 0 Å². The Balaban J connectivity index is 1.47. The van der Waals surface area contributed by atoms with Gasteiger partial charge >= 0.3 is 0 Å². The number of nitro groups is 1. The molecule has 158 valence electrons. The van der Waals surface area contributed by atoms with E-state index in [-0.39, 0.29) is 5.69 Å². The molecule has 0 radical (unpaired) electrons. The van der Waals surface area contributed by atoms with Crippen molar-refractivity contribution in [3.05, 3.63) is 100 Å². The Kier molecular flexibility index (Phi) is 7.31. The highest BCUT2D eigenvalue weighted by Gasteiger charge is 2.14. The van der Waals surface area contributed by atoms with Gasteiger partial charge in [0.1, 0.15) is 18.1 Å². The van der Waals surface area contributed by atoms with Gasteiger partial charge in [0, 0.05) is 17.7 Å². The van der Waals surface area contributed by atoms with Crippen LogP contribution in [0.1, 0.15) is 18.1 Å². The second-order valence-electron chi connectivity index (χ2n) is 6.59. The minimum atomic E-state index is -0.793. The molecular formula is C23H21N3O5. The Labute approximate surface area is 179 Å². The van der Waals surface area contributed by atoms with Gasteiger partial charge in [-0.1, -0.05) is 42.5 Å². The number of hydrogen-bond acceptors (Lipinski definition) is 6. The lowest BCUT2D eigenvalue weighted by atomic mass is 10.2. The van der Waals surface area contributed by atoms with Crippen molar-refractivity contribution in [1.29, 1.82) is 0 Å². The second-order valence-corrected chi connectivity index (χ2v) is 6.59. The van der Waals surface area contributed by atoms with Crippen LogP contribution in [-0.4, -0.2) is 23.1 Å². The molecule has 1 atom stereocenters. The SMILES string of the molecule is C[C@H](Oc1ccc(OCc2ccccc2)cc1)C(=O)N/N=C\c1cccc([N+](=O)[O-])c1. The third kappa shape index (κ3) is 6.67. The molecule has 3 rings (SSSR count). The number of ether oxygens (including phenoxy) is 2. The van der Waals surface area contributed by atoms with Gasteiger partial charge in [-0.15, -0.1) is 0 Å². The topological polar surface area (TPSA) is 103 Å². The molecule has 0 aliphatic carbocycles. The smallest absolute Gasteiger partial charge is 0.280 e. The third-order valence-corrected chi connectivity index (χ3v) is 4.22. The van der Waals surface area contributed by atoms with Crippen LogP contribution >= 0.6 is 0 Å². The van der Waals surface area contributed by atoms with E-state index in [1.54, 1.807) is 43.3 Å². The van der Waals surface area contributed by atoms with Crippen LogP contribution in [0.4, 0.5) is 5.69 Å². The van der Waals surface area contributed by atoms with Gasteiger partial charge in [-0.3, -0.25) is 14.9 Å². The van der Waals surface area contributed by atoms with Gasteiger partial charge < -0.3 is 9.47 Å². The van der Waals surface area contributed by atoms with E-state index in [0.717, 1.165) is 5.56 Å². The van der Waals surface area contributed by atoms with Crippen molar-refractivity contribution < 1.29 is 19.2 Å². The van der Waals surface area contributed by atoms with E-state index in [4.69, 9.17) is 9.47 Å². The van der Waals surface area contributed by atoms with Crippen molar-refractivity contribution in [3.8, 4) is 11.5 Å². The Morgan fingerprint density at radius 3 is 2.48 bits per heavy atom. The maximum absolute atomic E-state index is 12.2. The number of carbonyl (C=O) groups excluding carboxylic acids is 1. The fourth-order valence-electron chi connectivity index (χ4n) is 2.59. The largest absolute Gasteiger partial charge is 0.489 e. The maximum Gasteiger partial charge on any atom is 0.280 e. The van der Waals surface area contributed by atoms with Gasteiger partial charge in [-0.05, 0) is 36.8 Å². The highest BCUT2D eigenvalue weighted by molar-refractivity contribution is 5.84. The van der Waals surface area contributed by atoms with Crippen LogP contribution in [0.3, 0.4) is 0 Å². The molecule has 0 aliphatic heterocycles. The highest BCUT2D eigenvalue weighted by Crippen LogP contribution is 2.19. The molecule has 3 aromatic carbocycles. The quantitative estimate of drug-likeness (QED) is 0.320. The monoisotopic (exact) mass is 419 g/mol. The van der Waals surface area contributed by atoms with Gasteiger partial charge in [0.25, 0.3) is 11.6 Å². The molecular weight excluding hydrogens is 398 g/mol. The average molecular weight is 419 g/mol. The predicted octanol–water partition coefficient (Wildman–Crippen LogP) is 4.09. The minimum Gasteiger partial charge on any atom is -0.489 e. The van der Waals surface area contributed by atoms with Crippen molar-refractivity contribution in [1.82, 2.24) is 5.43 Å². The average Bonchev–Trinajstić information content (AvgIpc) is 2.79. The van der Waals surface area contributed by atoms with Crippen molar-refractivity contribution in [2.24, 2.45) is 5.10 Å². The number of non-ortho nitro benzene ring substituents is 1. The van der Waals surface area contributed by atoms with Crippen molar-refractivity contribution in [2.45, 2.75) is 19.6 Å². The Bertz CT molecular complexity index is 1050. The summed E-state index contributed by atoms with van der Waals surface area (Å²) in [6, 6.07) is 22.7. The summed E-state index contributed by atoms with van der Waals surface area (Å²) < 4.78 is 11.3. The van der Waals surface area contributed by atoms with Crippen molar-refractivity contribution >= 4 is 17.8 Å². The Morgan fingerprint density at radius 2 is 1.77 bits per heavy atom. The molecule has 8 nitrogen and oxygen atoms in total. The van der Waals surface area contributed by atoms with E-state index in [0.29, 0.717) is 23.7 Å². The molecule has 8 heteroatoms. The first-order valence-corrected chi connectivity index (χ1v) is 9.52. The fourth-order valence-corrected chi connectivity index (χ4v) is 2.59. The van der Waals surface area contributed by atoms with Crippen LogP contribution in [-0.2, 0) is 11.4 Å². The molecule has 0 spiro atoms. The zero-order valence-corrected chi connectivity index (χ0v) is 16.8. The Hall–Kier alpha value is -4.20. The molecule has 0 heterocycles. The molecule has 1 N–H and O–H groups in total. The van der Waals surface area contributed by atoms with E-state index in [1.807, 2.05) is 30.3 Å². The molecule has 0 aromatic heterocycles. The lowest BCUT2D eigenvalue weighted by Crippen LogP contribution is -2.33. The van der Waals surface area contributed by atoms with Crippen molar-refractivity contribution in [2.75, 3.05) is 0 Å². The standard InChI is InChI=1S/C23H21N3O5/c1-17(23(27)25-24-15-19-8-5-9-20(14-19)26(28)29)31-22-12-10-21(11-13-22)30-16-18-6-3-2-4-7-18/h2-15,17H,16H2,1H3,(H,25,27)/b24-15-/t17-/m0/s1. The number of benzene rings is 3. The van der Waals surface area contributed by atoms with Crippen LogP contribution in [0.5, 0.6) is 11.5 Å². The molecule has 1 amide bonds. The second kappa shape index (κ2) is 10.5. The first-order chi connectivity index (χ1) is 15.0. The summed E-state index contributed by atoms with van der Waals surface area (Å²) >= 11 is 0. The molecule has 0 aliphatic rings. The molecule has 0 bridgehead atoms. The number of amides is 1. The number of nitrogens with zero attached hydrogens (tertiary/aromatic N) is 2. The first-order valence-electron chi connectivity index (χ1n) is 9.52. The van der Waals surface area contributed by atoms with E-state index in [9.17, 15) is 14.9 Å². The fraction of sp³-hybridized carbons (Fsp3) is 0.130. The summed E-state index contributed by atoms with van der Waals surface area (Å²) in [7, 11) is 0. The first kappa shape index (κ1) is 21.5. The molecule has 3 aromatic rings. The van der Waals surface area contributed by atoms with Gasteiger partial charge in [-0.25, -0.2) is 5.43 Å². The van der Waals surface area contributed by atoms with Crippen LogP contribution in [0.15, 0.2) is 84.0 Å². The zero-order chi connectivity index (χ0) is 22.1. The molecule has 0 fully saturated rings. The zero-order valence-electron chi connectivity index (χ0n) is 16.8. The molecule has 0 saturated heterocycles. The molecule has 31 heavy (non-hydrogen) atoms. The van der Waals surface area contributed by atoms with Crippen LogP contribution in [0.2, 0.25) is 0 Å². The van der Waals surface area contributed by atoms with E-state index in [2.05, 4.69) is 10.5 Å². The molecule has 0 saturated carbocycles. The Morgan fingerprint density at radius 1 is 1.06 bits per heavy atom. The van der Waals surface area contributed by atoms with E-state index in [1.165, 1.54) is 18.3 Å². The summed E-state index contributed by atoms with van der Waals surface area (Å²) in [6.45, 7) is 2.06. The van der Waals surface area contributed by atoms with Gasteiger partial charge in [0.15, 0.2) is 6.10 Å². The maximum atomic E-state index is 12.2. The summed E-state index contributed by atoms with van der Waals surface area (Å²) in [5.41, 5.74) is 3.87. The lowest BCUT2D eigenvalue weighted by molar-refractivity contribution is -0.384. The van der Waals surface area contributed by atoms with Crippen molar-refractivity contribution in [3.63, 3.8) is 0 Å². The number of hydrazone groups is 1. The number of hydrogen-bond donors (Lipinski definition) is 1. The summed E-state index contributed by atoms with van der Waals surface area (Å²) in [4.78, 5) is 22.4. The number of nitrogens with one attached hydrogen (secondary N) is 1. The third-order valence-electron chi connectivity index (χ3n) is 4.22. The minimum absolute atomic E-state index is 0.0526. The van der Waals surface area contributed by atoms with Gasteiger partial charge in [0.05, 0.1) is 11.1 Å². The lowest BCUT2D eigenvalue weighted by Gasteiger charge is -2.13. The van der Waals surface area contributed by atoms with Crippen LogP contribution < -0.4 is 14.9 Å². The number of carbonyl (C=O) groups is 1. The summed E-state index contributed by atoms with van der Waals surface area (Å²) in [5, 5.41) is 14.6. The normalized spacial score (nSPS) is 11.6. The van der Waals surface area contributed by atoms with Crippen LogP contribution in [0, 0.1) is 10.1 Å². The number of rotatable bonds is 9. The van der Waals surface area contributed by atoms with E-state index < -0.39 is 16.9 Å². The summed E-state index contributed by atoms with van der Waals surface area (Å²) in [5.74, 6) is 0.748. The number of nitro benzene ring substituents is 1. The molecule has 0 unspecified atom stereocenters.